The van der Waals surface area contributed by atoms with Crippen LogP contribution in [0.5, 0.6) is 11.5 Å². The van der Waals surface area contributed by atoms with Gasteiger partial charge in [-0.2, -0.15) is 0 Å². The smallest absolute Gasteiger partial charge is 0.161 e. The lowest BCUT2D eigenvalue weighted by Crippen LogP contribution is -2.01. The lowest BCUT2D eigenvalue weighted by atomic mass is 9.98. The number of hydrogen-bond acceptors (Lipinski definition) is 3. The van der Waals surface area contributed by atoms with Gasteiger partial charge in [0.25, 0.3) is 0 Å². The summed E-state index contributed by atoms with van der Waals surface area (Å²) >= 11 is 12.2. The third-order valence-electron chi connectivity index (χ3n) is 3.05. The van der Waals surface area contributed by atoms with Gasteiger partial charge in [-0.15, -0.1) is 0 Å². The molecule has 0 saturated heterocycles. The summed E-state index contributed by atoms with van der Waals surface area (Å²) in [6, 6.07) is 9.09. The van der Waals surface area contributed by atoms with Crippen molar-refractivity contribution in [1.29, 1.82) is 0 Å². The highest BCUT2D eigenvalue weighted by atomic mass is 35.5. The first-order valence-corrected chi connectivity index (χ1v) is 6.76. The van der Waals surface area contributed by atoms with Gasteiger partial charge in [0.1, 0.15) is 0 Å². The van der Waals surface area contributed by atoms with Gasteiger partial charge in [-0.1, -0.05) is 29.3 Å². The predicted octanol–water partition coefficient (Wildman–Crippen LogP) is 4.14. The average molecular weight is 312 g/mol. The van der Waals surface area contributed by atoms with Crippen molar-refractivity contribution in [3.05, 3.63) is 45.9 Å². The van der Waals surface area contributed by atoms with Gasteiger partial charge >= 0.3 is 0 Å². The predicted molar refractivity (Wildman–Crippen MR) is 82.9 cm³/mol. The number of halogens is 2. The minimum absolute atomic E-state index is 0.370. The highest BCUT2D eigenvalue weighted by Crippen LogP contribution is 2.38. The van der Waals surface area contributed by atoms with Gasteiger partial charge in [-0.25, -0.2) is 0 Å². The molecule has 3 nitrogen and oxygen atoms in total. The van der Waals surface area contributed by atoms with Gasteiger partial charge in [0.15, 0.2) is 11.5 Å². The van der Waals surface area contributed by atoms with Crippen molar-refractivity contribution in [2.45, 2.75) is 6.54 Å². The summed E-state index contributed by atoms with van der Waals surface area (Å²) in [5, 5.41) is 1.16. The maximum Gasteiger partial charge on any atom is 0.161 e. The van der Waals surface area contributed by atoms with Crippen LogP contribution in [0, 0.1) is 0 Å². The molecule has 0 aliphatic rings. The number of ether oxygens (including phenoxy) is 2. The summed E-state index contributed by atoms with van der Waals surface area (Å²) in [6.07, 6.45) is 0. The van der Waals surface area contributed by atoms with Crippen molar-refractivity contribution in [2.24, 2.45) is 5.73 Å². The largest absolute Gasteiger partial charge is 0.493 e. The summed E-state index contributed by atoms with van der Waals surface area (Å²) in [7, 11) is 3.18. The van der Waals surface area contributed by atoms with Crippen molar-refractivity contribution in [1.82, 2.24) is 0 Å². The van der Waals surface area contributed by atoms with E-state index in [-0.39, 0.29) is 0 Å². The monoisotopic (exact) mass is 311 g/mol. The molecule has 0 saturated carbocycles. The fourth-order valence-corrected chi connectivity index (χ4v) is 2.56. The average Bonchev–Trinajstić information content (AvgIpc) is 2.46. The molecular formula is C15H15Cl2NO2. The molecule has 2 aromatic carbocycles. The Kier molecular flexibility index (Phi) is 4.76. The first-order valence-electron chi connectivity index (χ1n) is 6.01. The van der Waals surface area contributed by atoms with Crippen LogP contribution in [0.25, 0.3) is 11.1 Å². The highest BCUT2D eigenvalue weighted by Gasteiger charge is 2.14. The number of rotatable bonds is 4. The number of benzene rings is 2. The quantitative estimate of drug-likeness (QED) is 0.923. The topological polar surface area (TPSA) is 44.5 Å². The number of nitrogens with two attached hydrogens (primary N) is 1. The Morgan fingerprint density at radius 2 is 1.60 bits per heavy atom. The fraction of sp³-hybridized carbons (Fsp3) is 0.200. The Morgan fingerprint density at radius 3 is 2.15 bits per heavy atom. The van der Waals surface area contributed by atoms with Crippen LogP contribution in [0.3, 0.4) is 0 Å². The third kappa shape index (κ3) is 2.85. The molecule has 0 heterocycles. The third-order valence-corrected chi connectivity index (χ3v) is 3.60. The van der Waals surface area contributed by atoms with Crippen LogP contribution in [-0.4, -0.2) is 14.2 Å². The molecule has 0 bridgehead atoms. The SMILES string of the molecule is COc1cc(CN)c(-c2ccc(Cl)cc2Cl)cc1OC. The van der Waals surface area contributed by atoms with E-state index in [4.69, 9.17) is 38.4 Å². The minimum Gasteiger partial charge on any atom is -0.493 e. The van der Waals surface area contributed by atoms with Crippen LogP contribution in [0.2, 0.25) is 10.0 Å². The summed E-state index contributed by atoms with van der Waals surface area (Å²) in [5.74, 6) is 1.27. The molecule has 0 fully saturated rings. The molecule has 0 spiro atoms. The molecular weight excluding hydrogens is 297 g/mol. The Labute approximate surface area is 128 Å². The van der Waals surface area contributed by atoms with Gasteiger partial charge in [0.05, 0.1) is 14.2 Å². The second kappa shape index (κ2) is 6.35. The zero-order valence-electron chi connectivity index (χ0n) is 11.2. The molecule has 0 atom stereocenters. The van der Waals surface area contributed by atoms with E-state index in [9.17, 15) is 0 Å². The van der Waals surface area contributed by atoms with Crippen LogP contribution < -0.4 is 15.2 Å². The summed E-state index contributed by atoms with van der Waals surface area (Å²) < 4.78 is 10.6. The van der Waals surface area contributed by atoms with Crippen LogP contribution >= 0.6 is 23.2 Å². The van der Waals surface area contributed by atoms with Gasteiger partial charge < -0.3 is 15.2 Å². The van der Waals surface area contributed by atoms with E-state index >= 15 is 0 Å². The van der Waals surface area contributed by atoms with Gasteiger partial charge in [0, 0.05) is 22.2 Å². The number of hydrogen-bond donors (Lipinski definition) is 1. The maximum atomic E-state index is 6.26. The van der Waals surface area contributed by atoms with E-state index in [2.05, 4.69) is 0 Å². The molecule has 0 radical (unpaired) electrons. The Hall–Kier alpha value is -1.42. The van der Waals surface area contributed by atoms with Crippen LogP contribution in [-0.2, 0) is 6.54 Å². The molecule has 0 unspecified atom stereocenters. The second-order valence-electron chi connectivity index (χ2n) is 4.19. The second-order valence-corrected chi connectivity index (χ2v) is 5.04. The molecule has 0 aromatic heterocycles. The minimum atomic E-state index is 0.370. The molecule has 0 aliphatic heterocycles. The molecule has 5 heteroatoms. The molecule has 0 amide bonds. The van der Waals surface area contributed by atoms with Crippen LogP contribution in [0.15, 0.2) is 30.3 Å². The normalized spacial score (nSPS) is 10.4. The molecule has 2 aromatic rings. The van der Waals surface area contributed by atoms with Crippen LogP contribution in [0.4, 0.5) is 0 Å². The Morgan fingerprint density at radius 1 is 0.950 bits per heavy atom. The van der Waals surface area contributed by atoms with Crippen molar-refractivity contribution >= 4 is 23.2 Å². The summed E-state index contributed by atoms with van der Waals surface area (Å²) in [5.41, 5.74) is 8.51. The molecule has 2 rings (SSSR count). The van der Waals surface area contributed by atoms with Crippen molar-refractivity contribution in [2.75, 3.05) is 14.2 Å². The lowest BCUT2D eigenvalue weighted by molar-refractivity contribution is 0.354. The van der Waals surface area contributed by atoms with E-state index in [1.54, 1.807) is 26.4 Å². The van der Waals surface area contributed by atoms with Crippen molar-refractivity contribution in [3.63, 3.8) is 0 Å². The van der Waals surface area contributed by atoms with E-state index < -0.39 is 0 Å². The maximum absolute atomic E-state index is 6.26. The van der Waals surface area contributed by atoms with Crippen molar-refractivity contribution in [3.8, 4) is 22.6 Å². The van der Waals surface area contributed by atoms with Gasteiger partial charge in [-0.05, 0) is 35.4 Å². The molecule has 20 heavy (non-hydrogen) atoms. The van der Waals surface area contributed by atoms with E-state index in [0.717, 1.165) is 16.7 Å². The van der Waals surface area contributed by atoms with Crippen LogP contribution in [0.1, 0.15) is 5.56 Å². The standard InChI is InChI=1S/C15H15Cl2NO2/c1-19-14-5-9(8-18)12(7-15(14)20-2)11-4-3-10(16)6-13(11)17/h3-7H,8,18H2,1-2H3. The van der Waals surface area contributed by atoms with Crippen molar-refractivity contribution < 1.29 is 9.47 Å². The summed E-state index contributed by atoms with van der Waals surface area (Å²) in [4.78, 5) is 0. The fourth-order valence-electron chi connectivity index (χ4n) is 2.05. The first kappa shape index (κ1) is 15.0. The zero-order chi connectivity index (χ0) is 14.7. The zero-order valence-corrected chi connectivity index (χ0v) is 12.8. The molecule has 0 aliphatic carbocycles. The van der Waals surface area contributed by atoms with Gasteiger partial charge in [0.2, 0.25) is 0 Å². The first-order chi connectivity index (χ1) is 9.60. The summed E-state index contributed by atoms with van der Waals surface area (Å²) in [6.45, 7) is 0.370. The van der Waals surface area contributed by atoms with Gasteiger partial charge in [-0.3, -0.25) is 0 Å². The van der Waals surface area contributed by atoms with E-state index in [1.807, 2.05) is 18.2 Å². The Bertz CT molecular complexity index is 630. The molecule has 106 valence electrons. The Balaban J connectivity index is 2.65. The lowest BCUT2D eigenvalue weighted by Gasteiger charge is -2.15. The highest BCUT2D eigenvalue weighted by molar-refractivity contribution is 6.36. The van der Waals surface area contributed by atoms with E-state index in [0.29, 0.717) is 28.1 Å². The molecule has 2 N–H and O–H groups in total. The number of methoxy groups -OCH3 is 2. The van der Waals surface area contributed by atoms with E-state index in [1.165, 1.54) is 0 Å².